The molecule has 1 aliphatic rings. The van der Waals surface area contributed by atoms with Crippen molar-refractivity contribution in [3.63, 3.8) is 0 Å². The molecule has 0 spiro atoms. The van der Waals surface area contributed by atoms with Gasteiger partial charge in [0, 0.05) is 23.4 Å². The first-order valence-corrected chi connectivity index (χ1v) is 15.7. The quantitative estimate of drug-likeness (QED) is 0.197. The van der Waals surface area contributed by atoms with Gasteiger partial charge >= 0.3 is 6.09 Å². The van der Waals surface area contributed by atoms with Crippen molar-refractivity contribution in [1.82, 2.24) is 25.1 Å². The molecule has 2 heterocycles. The molecule has 1 fully saturated rings. The third kappa shape index (κ3) is 7.86. The monoisotopic (exact) mass is 638 g/mol. The van der Waals surface area contributed by atoms with Gasteiger partial charge in [-0.3, -0.25) is 24.6 Å². The lowest BCUT2D eigenvalue weighted by Gasteiger charge is -2.31. The highest BCUT2D eigenvalue weighted by molar-refractivity contribution is 6.04. The molecule has 11 nitrogen and oxygen atoms in total. The standard InChI is InChI=1S/C36H42N6O5/c1-22-14-15-25(20-27(22)40-35(46)47-36(2,3)4)33(44)37-21-30(43)24-16-17-26-28(19-24)39-32(38-26)29-13-10-18-42(29)34(45)31(41(5)6)23-11-8-7-9-12-23/h7-9,11-12,14-17,19-20,29,31H,10,13,18,21H2,1-6H3,(H,37,44)(H,38,39)(H,40,46)/t29-,31+/m0/s1. The number of Topliss-reactive ketones (excluding diaryl/α,β-unsaturated/α-hetero) is 1. The number of likely N-dealkylation sites (N-methyl/N-ethyl adjacent to an activating group) is 1. The zero-order chi connectivity index (χ0) is 33.9. The third-order valence-corrected chi connectivity index (χ3v) is 8.08. The molecule has 0 aliphatic carbocycles. The second-order valence-corrected chi connectivity index (χ2v) is 13.1. The van der Waals surface area contributed by atoms with Crippen molar-refractivity contribution in [2.45, 2.75) is 58.2 Å². The van der Waals surface area contributed by atoms with Crippen LogP contribution in [0.4, 0.5) is 10.5 Å². The summed E-state index contributed by atoms with van der Waals surface area (Å²) in [4.78, 5) is 64.1. The summed E-state index contributed by atoms with van der Waals surface area (Å²) in [6, 6.07) is 19.2. The predicted molar refractivity (Wildman–Crippen MR) is 180 cm³/mol. The van der Waals surface area contributed by atoms with E-state index in [9.17, 15) is 19.2 Å². The highest BCUT2D eigenvalue weighted by Gasteiger charge is 2.37. The number of ether oxygens (including phenoxy) is 1. The lowest BCUT2D eigenvalue weighted by Crippen LogP contribution is -2.40. The molecule has 3 amide bonds. The fraction of sp³-hybridized carbons (Fsp3) is 0.361. The van der Waals surface area contributed by atoms with Crippen LogP contribution in [0.1, 0.15) is 83.4 Å². The number of anilines is 1. The number of nitrogens with one attached hydrogen (secondary N) is 3. The van der Waals surface area contributed by atoms with Crippen molar-refractivity contribution in [3.05, 3.63) is 94.8 Å². The van der Waals surface area contributed by atoms with Crippen molar-refractivity contribution in [2.24, 2.45) is 0 Å². The van der Waals surface area contributed by atoms with Gasteiger partial charge in [-0.1, -0.05) is 36.4 Å². The normalized spacial score (nSPS) is 15.5. The van der Waals surface area contributed by atoms with Crippen LogP contribution in [0.3, 0.4) is 0 Å². The summed E-state index contributed by atoms with van der Waals surface area (Å²) < 4.78 is 5.31. The molecule has 2 atom stereocenters. The molecule has 0 bridgehead atoms. The summed E-state index contributed by atoms with van der Waals surface area (Å²) in [6.07, 6.45) is 1.03. The average Bonchev–Trinajstić information content (AvgIpc) is 3.67. The maximum absolute atomic E-state index is 13.8. The van der Waals surface area contributed by atoms with E-state index in [0.29, 0.717) is 40.2 Å². The second-order valence-electron chi connectivity index (χ2n) is 13.1. The summed E-state index contributed by atoms with van der Waals surface area (Å²) in [5.74, 6) is -0.0143. The Morgan fingerprint density at radius 3 is 2.45 bits per heavy atom. The number of likely N-dealkylation sites (tertiary alicyclic amines) is 1. The van der Waals surface area contributed by atoms with E-state index < -0.39 is 23.6 Å². The molecule has 0 unspecified atom stereocenters. The summed E-state index contributed by atoms with van der Waals surface area (Å²) in [6.45, 7) is 7.53. The van der Waals surface area contributed by atoms with Crippen molar-refractivity contribution in [1.29, 1.82) is 0 Å². The van der Waals surface area contributed by atoms with Gasteiger partial charge in [-0.15, -0.1) is 0 Å². The van der Waals surface area contributed by atoms with Gasteiger partial charge < -0.3 is 19.9 Å². The number of aromatic amines is 1. The number of H-pyrrole nitrogens is 1. The second kappa shape index (κ2) is 13.8. The van der Waals surface area contributed by atoms with E-state index in [1.54, 1.807) is 57.2 Å². The molecule has 1 aliphatic heterocycles. The Labute approximate surface area is 274 Å². The number of aryl methyl sites for hydroxylation is 1. The highest BCUT2D eigenvalue weighted by atomic mass is 16.6. The van der Waals surface area contributed by atoms with Crippen LogP contribution in [-0.2, 0) is 9.53 Å². The molecule has 47 heavy (non-hydrogen) atoms. The molecule has 4 aromatic rings. The Bertz CT molecular complexity index is 1790. The first-order valence-electron chi connectivity index (χ1n) is 15.7. The van der Waals surface area contributed by atoms with Crippen LogP contribution in [-0.4, -0.2) is 76.2 Å². The SMILES string of the molecule is Cc1ccc(C(=O)NCC(=O)c2ccc3nc([C@@H]4CCCN4C(=O)[C@@H](c4ccccc4)N(C)C)[nH]c3c2)cc1NC(=O)OC(C)(C)C. The fourth-order valence-corrected chi connectivity index (χ4v) is 5.81. The number of carbonyl (C=O) groups excluding carboxylic acids is 4. The molecule has 3 aromatic carbocycles. The van der Waals surface area contributed by atoms with Crippen molar-refractivity contribution in [2.75, 3.05) is 32.5 Å². The van der Waals surface area contributed by atoms with E-state index in [1.807, 2.05) is 61.2 Å². The molecule has 1 saturated heterocycles. The van der Waals surface area contributed by atoms with Crippen LogP contribution in [0, 0.1) is 6.92 Å². The molecule has 0 saturated carbocycles. The maximum atomic E-state index is 13.8. The number of nitrogens with zero attached hydrogens (tertiary/aromatic N) is 3. The molecular weight excluding hydrogens is 596 g/mol. The largest absolute Gasteiger partial charge is 0.444 e. The van der Waals surface area contributed by atoms with E-state index in [-0.39, 0.29) is 24.3 Å². The van der Waals surface area contributed by atoms with Crippen LogP contribution < -0.4 is 10.6 Å². The zero-order valence-corrected chi connectivity index (χ0v) is 27.7. The number of carbonyl (C=O) groups is 4. The maximum Gasteiger partial charge on any atom is 0.412 e. The number of imidazole rings is 1. The minimum absolute atomic E-state index is 0.0251. The number of aromatic nitrogens is 2. The Kier molecular flexibility index (Phi) is 9.76. The van der Waals surface area contributed by atoms with Gasteiger partial charge in [-0.25, -0.2) is 9.78 Å². The Hall–Kier alpha value is -5.03. The smallest absolute Gasteiger partial charge is 0.412 e. The van der Waals surface area contributed by atoms with E-state index in [4.69, 9.17) is 9.72 Å². The van der Waals surface area contributed by atoms with E-state index in [2.05, 4.69) is 15.6 Å². The van der Waals surface area contributed by atoms with Crippen LogP contribution >= 0.6 is 0 Å². The number of benzene rings is 3. The number of ketones is 1. The summed E-state index contributed by atoms with van der Waals surface area (Å²) in [7, 11) is 3.82. The van der Waals surface area contributed by atoms with Crippen molar-refractivity contribution < 1.29 is 23.9 Å². The van der Waals surface area contributed by atoms with Gasteiger partial charge in [0.05, 0.1) is 23.6 Å². The van der Waals surface area contributed by atoms with E-state index >= 15 is 0 Å². The van der Waals surface area contributed by atoms with Crippen LogP contribution in [0.5, 0.6) is 0 Å². The van der Waals surface area contributed by atoms with Gasteiger partial charge in [0.2, 0.25) is 5.91 Å². The number of rotatable bonds is 9. The van der Waals surface area contributed by atoms with Crippen molar-refractivity contribution >= 4 is 40.4 Å². The van der Waals surface area contributed by atoms with Gasteiger partial charge in [0.1, 0.15) is 17.5 Å². The predicted octanol–water partition coefficient (Wildman–Crippen LogP) is 5.80. The summed E-state index contributed by atoms with van der Waals surface area (Å²) in [5, 5.41) is 5.36. The molecular formula is C36H42N6O5. The molecule has 246 valence electrons. The summed E-state index contributed by atoms with van der Waals surface area (Å²) in [5.41, 5.74) is 3.56. The summed E-state index contributed by atoms with van der Waals surface area (Å²) >= 11 is 0. The van der Waals surface area contributed by atoms with Gasteiger partial charge in [0.15, 0.2) is 5.78 Å². The van der Waals surface area contributed by atoms with Crippen LogP contribution in [0.25, 0.3) is 11.0 Å². The Balaban J connectivity index is 1.25. The molecule has 0 radical (unpaired) electrons. The third-order valence-electron chi connectivity index (χ3n) is 8.08. The number of amides is 3. The number of hydrogen-bond acceptors (Lipinski definition) is 7. The van der Waals surface area contributed by atoms with E-state index in [1.165, 1.54) is 0 Å². The highest BCUT2D eigenvalue weighted by Crippen LogP contribution is 2.35. The molecule has 5 rings (SSSR count). The topological polar surface area (TPSA) is 137 Å². The number of fused-ring (bicyclic) bond motifs is 1. The Morgan fingerprint density at radius 2 is 1.74 bits per heavy atom. The first kappa shape index (κ1) is 33.3. The molecule has 11 heteroatoms. The minimum atomic E-state index is -0.665. The van der Waals surface area contributed by atoms with Gasteiger partial charge in [-0.2, -0.15) is 0 Å². The Morgan fingerprint density at radius 1 is 1.02 bits per heavy atom. The molecule has 1 aromatic heterocycles. The lowest BCUT2D eigenvalue weighted by molar-refractivity contribution is -0.137. The number of hydrogen-bond donors (Lipinski definition) is 3. The van der Waals surface area contributed by atoms with Gasteiger partial charge in [0.25, 0.3) is 5.91 Å². The van der Waals surface area contributed by atoms with Crippen LogP contribution in [0.15, 0.2) is 66.7 Å². The average molecular weight is 639 g/mol. The first-order chi connectivity index (χ1) is 22.3. The lowest BCUT2D eigenvalue weighted by atomic mass is 10.0. The molecule has 3 N–H and O–H groups in total. The minimum Gasteiger partial charge on any atom is -0.444 e. The van der Waals surface area contributed by atoms with Crippen molar-refractivity contribution in [3.8, 4) is 0 Å². The van der Waals surface area contributed by atoms with Gasteiger partial charge in [-0.05, 0) is 96.1 Å². The van der Waals surface area contributed by atoms with Crippen LogP contribution in [0.2, 0.25) is 0 Å². The zero-order valence-electron chi connectivity index (χ0n) is 27.7. The fourth-order valence-electron chi connectivity index (χ4n) is 5.81. The van der Waals surface area contributed by atoms with E-state index in [0.717, 1.165) is 24.0 Å².